The van der Waals surface area contributed by atoms with Gasteiger partial charge in [-0.15, -0.1) is 13.2 Å². The molecule has 1 N–H and O–H groups in total. The van der Waals surface area contributed by atoms with Gasteiger partial charge in [-0.3, -0.25) is 9.69 Å². The van der Waals surface area contributed by atoms with Gasteiger partial charge in [-0.1, -0.05) is 24.3 Å². The second-order valence-electron chi connectivity index (χ2n) is 9.26. The number of hydrogen-bond donors (Lipinski definition) is 1. The van der Waals surface area contributed by atoms with Crippen molar-refractivity contribution < 1.29 is 36.2 Å². The first-order chi connectivity index (χ1) is 16.3. The lowest BCUT2D eigenvalue weighted by molar-refractivity contribution is -0.274. The van der Waals surface area contributed by atoms with Crippen molar-refractivity contribution in [3.8, 4) is 5.75 Å². The lowest BCUT2D eigenvalue weighted by Gasteiger charge is -2.43. The summed E-state index contributed by atoms with van der Waals surface area (Å²) in [6.07, 6.45) is -4.28. The van der Waals surface area contributed by atoms with E-state index in [1.807, 2.05) is 4.90 Å². The minimum atomic E-state index is -4.77. The number of piperazine rings is 1. The molecule has 0 radical (unpaired) electrons. The van der Waals surface area contributed by atoms with Crippen LogP contribution in [0, 0.1) is 5.92 Å². The standard InChI is InChI=1S/C24H27F3N2O5S/c1-15-12-28(14-17-5-3-7-20(9-17)34-24(25,26)27)13-16(2)29(15)35(32,33)22-8-4-6-18-10-19(23(30)31)11-21(18)22/h3-9,15-16,19H,10-14H2,1-2H3,(H,30,31)/t15?,16?,19-/m0/s1. The molecule has 1 aliphatic carbocycles. The van der Waals surface area contributed by atoms with Gasteiger partial charge in [0.1, 0.15) is 5.75 Å². The van der Waals surface area contributed by atoms with Gasteiger partial charge in [-0.2, -0.15) is 4.31 Å². The average Bonchev–Trinajstić information content (AvgIpc) is 3.16. The summed E-state index contributed by atoms with van der Waals surface area (Å²) in [7, 11) is -3.89. The SMILES string of the molecule is CC1CN(Cc2cccc(OC(F)(F)F)c2)CC(C)N1S(=O)(=O)c1cccc2c1C[C@@H](C(=O)O)C2. The minimum Gasteiger partial charge on any atom is -0.481 e. The van der Waals surface area contributed by atoms with Crippen molar-refractivity contribution in [3.05, 3.63) is 59.2 Å². The first-order valence-corrected chi connectivity index (χ1v) is 12.7. The highest BCUT2D eigenvalue weighted by Crippen LogP contribution is 2.35. The number of alkyl halides is 3. The Hall–Kier alpha value is -2.63. The monoisotopic (exact) mass is 512 g/mol. The van der Waals surface area contributed by atoms with E-state index in [4.69, 9.17) is 0 Å². The third-order valence-corrected chi connectivity index (χ3v) is 8.72. The molecule has 190 valence electrons. The van der Waals surface area contributed by atoms with Gasteiger partial charge >= 0.3 is 12.3 Å². The quantitative estimate of drug-likeness (QED) is 0.636. The molecule has 0 spiro atoms. The molecule has 0 amide bonds. The summed E-state index contributed by atoms with van der Waals surface area (Å²) >= 11 is 0. The molecule has 7 nitrogen and oxygen atoms in total. The Labute approximate surface area is 202 Å². The molecule has 4 rings (SSSR count). The van der Waals surface area contributed by atoms with Crippen LogP contribution in [0.5, 0.6) is 5.75 Å². The van der Waals surface area contributed by atoms with Crippen LogP contribution in [0.4, 0.5) is 13.2 Å². The number of rotatable bonds is 6. The molecular weight excluding hydrogens is 485 g/mol. The van der Waals surface area contributed by atoms with Crippen LogP contribution in [0.25, 0.3) is 0 Å². The summed E-state index contributed by atoms with van der Waals surface area (Å²) < 4.78 is 70.6. The highest BCUT2D eigenvalue weighted by atomic mass is 32.2. The zero-order chi connectivity index (χ0) is 25.5. The number of carbonyl (C=O) groups is 1. The van der Waals surface area contributed by atoms with Crippen molar-refractivity contribution in [2.24, 2.45) is 5.92 Å². The molecule has 1 fully saturated rings. The predicted molar refractivity (Wildman–Crippen MR) is 121 cm³/mol. The van der Waals surface area contributed by atoms with Gasteiger partial charge in [0, 0.05) is 31.7 Å². The van der Waals surface area contributed by atoms with Crippen molar-refractivity contribution in [2.75, 3.05) is 13.1 Å². The number of carboxylic acids is 1. The Morgan fingerprint density at radius 1 is 1.09 bits per heavy atom. The van der Waals surface area contributed by atoms with Crippen LogP contribution in [-0.2, 0) is 34.2 Å². The maximum Gasteiger partial charge on any atom is 0.573 e. The first-order valence-electron chi connectivity index (χ1n) is 11.3. The maximum absolute atomic E-state index is 13.7. The fourth-order valence-corrected chi connectivity index (χ4v) is 7.35. The normalized spacial score (nSPS) is 23.7. The van der Waals surface area contributed by atoms with Crippen molar-refractivity contribution >= 4 is 16.0 Å². The van der Waals surface area contributed by atoms with E-state index in [0.29, 0.717) is 37.2 Å². The van der Waals surface area contributed by atoms with Crippen molar-refractivity contribution in [1.82, 2.24) is 9.21 Å². The number of fused-ring (bicyclic) bond motifs is 1. The van der Waals surface area contributed by atoms with E-state index in [1.165, 1.54) is 28.6 Å². The van der Waals surface area contributed by atoms with E-state index in [9.17, 15) is 31.5 Å². The third kappa shape index (κ3) is 5.46. The molecule has 2 aromatic carbocycles. The Balaban J connectivity index is 1.51. The maximum atomic E-state index is 13.7. The summed E-state index contributed by atoms with van der Waals surface area (Å²) in [6.45, 7) is 4.72. The molecule has 35 heavy (non-hydrogen) atoms. The summed E-state index contributed by atoms with van der Waals surface area (Å²) in [5, 5.41) is 9.41. The third-order valence-electron chi connectivity index (χ3n) is 6.50. The lowest BCUT2D eigenvalue weighted by atomic mass is 10.1. The molecule has 1 saturated heterocycles. The van der Waals surface area contributed by atoms with Crippen LogP contribution >= 0.6 is 0 Å². The number of halogens is 3. The Kier molecular flexibility index (Phi) is 6.87. The molecule has 11 heteroatoms. The molecule has 1 aliphatic heterocycles. The van der Waals surface area contributed by atoms with Crippen molar-refractivity contribution in [3.63, 3.8) is 0 Å². The van der Waals surface area contributed by atoms with E-state index >= 15 is 0 Å². The van der Waals surface area contributed by atoms with Crippen molar-refractivity contribution in [2.45, 2.75) is 56.6 Å². The Morgan fingerprint density at radius 3 is 2.37 bits per heavy atom. The minimum absolute atomic E-state index is 0.155. The fraction of sp³-hybridized carbons (Fsp3) is 0.458. The lowest BCUT2D eigenvalue weighted by Crippen LogP contribution is -2.58. The van der Waals surface area contributed by atoms with E-state index in [1.54, 1.807) is 32.0 Å². The predicted octanol–water partition coefficient (Wildman–Crippen LogP) is 3.67. The van der Waals surface area contributed by atoms with Gasteiger partial charge in [-0.05, 0) is 61.6 Å². The molecule has 1 heterocycles. The molecule has 2 unspecified atom stereocenters. The topological polar surface area (TPSA) is 87.2 Å². The van der Waals surface area contributed by atoms with Gasteiger partial charge in [-0.25, -0.2) is 8.42 Å². The summed E-state index contributed by atoms with van der Waals surface area (Å²) in [5.41, 5.74) is 1.95. The van der Waals surface area contributed by atoms with Gasteiger partial charge < -0.3 is 9.84 Å². The zero-order valence-electron chi connectivity index (χ0n) is 19.3. The number of carboxylic acid groups (broad SMARTS) is 1. The fourth-order valence-electron chi connectivity index (χ4n) is 5.27. The van der Waals surface area contributed by atoms with Crippen LogP contribution in [0.2, 0.25) is 0 Å². The molecule has 3 atom stereocenters. The zero-order valence-corrected chi connectivity index (χ0v) is 20.1. The van der Waals surface area contributed by atoms with Crippen LogP contribution < -0.4 is 4.74 Å². The average molecular weight is 513 g/mol. The molecule has 0 saturated carbocycles. The van der Waals surface area contributed by atoms with Gasteiger partial charge in [0.05, 0.1) is 10.8 Å². The second-order valence-corrected chi connectivity index (χ2v) is 11.1. The summed E-state index contributed by atoms with van der Waals surface area (Å²) in [4.78, 5) is 13.6. The molecular formula is C24H27F3N2O5S. The highest BCUT2D eigenvalue weighted by molar-refractivity contribution is 7.89. The number of aliphatic carboxylic acids is 1. The number of ether oxygens (including phenoxy) is 1. The molecule has 0 bridgehead atoms. The van der Waals surface area contributed by atoms with Crippen LogP contribution in [0.15, 0.2) is 47.4 Å². The largest absolute Gasteiger partial charge is 0.573 e. The van der Waals surface area contributed by atoms with Gasteiger partial charge in [0.15, 0.2) is 0 Å². The molecule has 2 aromatic rings. The van der Waals surface area contributed by atoms with E-state index in [-0.39, 0.29) is 17.1 Å². The van der Waals surface area contributed by atoms with E-state index in [0.717, 1.165) is 5.56 Å². The van der Waals surface area contributed by atoms with Gasteiger partial charge in [0.25, 0.3) is 0 Å². The first kappa shape index (κ1) is 25.5. The smallest absolute Gasteiger partial charge is 0.481 e. The summed E-state index contributed by atoms with van der Waals surface area (Å²) in [5.74, 6) is -1.87. The van der Waals surface area contributed by atoms with E-state index < -0.39 is 40.4 Å². The number of benzene rings is 2. The van der Waals surface area contributed by atoms with Crippen LogP contribution in [0.3, 0.4) is 0 Å². The highest BCUT2D eigenvalue weighted by Gasteiger charge is 2.41. The second kappa shape index (κ2) is 9.44. The number of nitrogens with zero attached hydrogens (tertiary/aromatic N) is 2. The van der Waals surface area contributed by atoms with Crippen LogP contribution in [0.1, 0.15) is 30.5 Å². The van der Waals surface area contributed by atoms with E-state index in [2.05, 4.69) is 4.74 Å². The Morgan fingerprint density at radius 2 is 1.74 bits per heavy atom. The molecule has 0 aromatic heterocycles. The number of sulfonamides is 1. The Bertz CT molecular complexity index is 1210. The van der Waals surface area contributed by atoms with Crippen molar-refractivity contribution in [1.29, 1.82) is 0 Å². The van der Waals surface area contributed by atoms with Gasteiger partial charge in [0.2, 0.25) is 10.0 Å². The summed E-state index contributed by atoms with van der Waals surface area (Å²) in [6, 6.07) is 9.93. The number of hydrogen-bond acceptors (Lipinski definition) is 5. The van der Waals surface area contributed by atoms with Crippen LogP contribution in [-0.4, -0.2) is 60.2 Å². The molecule has 2 aliphatic rings.